The van der Waals surface area contributed by atoms with Gasteiger partial charge in [-0.05, 0) is 30.2 Å². The van der Waals surface area contributed by atoms with Gasteiger partial charge in [-0.3, -0.25) is 4.21 Å². The quantitative estimate of drug-likeness (QED) is 0.630. The van der Waals surface area contributed by atoms with Crippen molar-refractivity contribution in [2.24, 2.45) is 0 Å². The molecule has 0 radical (unpaired) electrons. The van der Waals surface area contributed by atoms with Crippen LogP contribution in [0.2, 0.25) is 0 Å². The van der Waals surface area contributed by atoms with Crippen LogP contribution in [0.1, 0.15) is 30.1 Å². The predicted molar refractivity (Wildman–Crippen MR) is 111 cm³/mol. The Bertz CT molecular complexity index is 1070. The van der Waals surface area contributed by atoms with Crippen LogP contribution in [0.25, 0.3) is 0 Å². The minimum absolute atomic E-state index is 0.347. The highest BCUT2D eigenvalue weighted by atomic mass is 32.3. The minimum Gasteiger partial charge on any atom is -0.253 e. The third-order valence-corrected chi connectivity index (χ3v) is 9.76. The summed E-state index contributed by atoms with van der Waals surface area (Å²) in [6.45, 7) is 1.88. The van der Waals surface area contributed by atoms with Crippen molar-refractivity contribution in [1.82, 2.24) is 4.31 Å². The fourth-order valence-corrected chi connectivity index (χ4v) is 8.30. The molecule has 28 heavy (non-hydrogen) atoms. The smallest absolute Gasteiger partial charge is 0.232 e. The van der Waals surface area contributed by atoms with Crippen molar-refractivity contribution in [2.75, 3.05) is 0 Å². The predicted octanol–water partition coefficient (Wildman–Crippen LogP) is 4.27. The Morgan fingerprint density at radius 3 is 1.89 bits per heavy atom. The normalized spacial score (nSPS) is 23.5. The van der Waals surface area contributed by atoms with Crippen molar-refractivity contribution < 1.29 is 12.6 Å². The number of hydrogen-bond donors (Lipinski definition) is 0. The first-order valence-corrected chi connectivity index (χ1v) is 11.8. The highest BCUT2D eigenvalue weighted by Gasteiger charge is 2.59. The Balaban J connectivity index is 1.78. The van der Waals surface area contributed by atoms with Gasteiger partial charge in [-0.25, -0.2) is 8.42 Å². The van der Waals surface area contributed by atoms with E-state index < -0.39 is 31.4 Å². The summed E-state index contributed by atoms with van der Waals surface area (Å²) in [5, 5.41) is 0. The fraction of sp³-hybridized carbons (Fsp3) is 0.182. The summed E-state index contributed by atoms with van der Waals surface area (Å²) in [6.07, 6.45) is 0. The van der Waals surface area contributed by atoms with Gasteiger partial charge < -0.3 is 0 Å². The molecule has 0 spiro atoms. The van der Waals surface area contributed by atoms with Gasteiger partial charge in [-0.15, -0.1) is 0 Å². The molecule has 1 aliphatic heterocycles. The first-order valence-electron chi connectivity index (χ1n) is 9.09. The largest absolute Gasteiger partial charge is 0.253 e. The van der Waals surface area contributed by atoms with E-state index >= 15 is 0 Å². The number of nitrogens with zero attached hydrogens (tertiary/aromatic N) is 1. The summed E-state index contributed by atoms with van der Waals surface area (Å²) in [5.41, 5.74) is 1.77. The molecule has 3 aromatic rings. The molecule has 4 atom stereocenters. The van der Waals surface area contributed by atoms with E-state index in [0.29, 0.717) is 4.90 Å². The SMILES string of the molecule is C[C@H](c1ccccc1)N1[C@H](c2ccccc2)[C@@H]([S@](=O)c2ccccc2)S1(=O)=O. The molecule has 1 fully saturated rings. The number of hydrogen-bond acceptors (Lipinski definition) is 3. The molecular formula is C22H21NO3S2. The molecule has 0 saturated carbocycles. The Hall–Kier alpha value is -2.28. The second kappa shape index (κ2) is 7.62. The lowest BCUT2D eigenvalue weighted by atomic mass is 10.0. The first kappa shape index (κ1) is 19.1. The summed E-state index contributed by atoms with van der Waals surface area (Å²) >= 11 is 0. The van der Waals surface area contributed by atoms with Gasteiger partial charge in [0.05, 0.1) is 16.8 Å². The molecule has 4 nitrogen and oxygen atoms in total. The van der Waals surface area contributed by atoms with Gasteiger partial charge in [0.2, 0.25) is 10.0 Å². The maximum Gasteiger partial charge on any atom is 0.232 e. The zero-order valence-corrected chi connectivity index (χ0v) is 17.0. The van der Waals surface area contributed by atoms with Crippen molar-refractivity contribution in [2.45, 2.75) is 28.5 Å². The Labute approximate surface area is 168 Å². The van der Waals surface area contributed by atoms with Crippen LogP contribution >= 0.6 is 0 Å². The minimum atomic E-state index is -3.72. The average Bonchev–Trinajstić information content (AvgIpc) is 2.74. The van der Waals surface area contributed by atoms with Gasteiger partial charge in [0.25, 0.3) is 0 Å². The Kier molecular flexibility index (Phi) is 5.19. The number of benzene rings is 3. The zero-order chi connectivity index (χ0) is 19.7. The number of sulfonamides is 1. The lowest BCUT2D eigenvalue weighted by molar-refractivity contribution is 0.227. The average molecular weight is 412 g/mol. The van der Waals surface area contributed by atoms with Gasteiger partial charge in [0.15, 0.2) is 4.58 Å². The van der Waals surface area contributed by atoms with Gasteiger partial charge in [-0.2, -0.15) is 4.31 Å². The second-order valence-corrected chi connectivity index (χ2v) is 10.6. The molecule has 4 rings (SSSR count). The van der Waals surface area contributed by atoms with Crippen molar-refractivity contribution in [3.63, 3.8) is 0 Å². The fourth-order valence-electron chi connectivity index (χ4n) is 3.71. The highest BCUT2D eigenvalue weighted by molar-refractivity contribution is 8.06. The zero-order valence-electron chi connectivity index (χ0n) is 15.4. The monoisotopic (exact) mass is 411 g/mol. The van der Waals surface area contributed by atoms with E-state index in [9.17, 15) is 12.6 Å². The third-order valence-electron chi connectivity index (χ3n) is 5.11. The maximum atomic E-state index is 13.3. The summed E-state index contributed by atoms with van der Waals surface area (Å²) in [6, 6.07) is 27.0. The van der Waals surface area contributed by atoms with E-state index in [1.54, 1.807) is 24.3 Å². The van der Waals surface area contributed by atoms with Gasteiger partial charge in [0, 0.05) is 10.9 Å². The first-order chi connectivity index (χ1) is 13.5. The molecule has 0 amide bonds. The molecule has 0 aliphatic carbocycles. The highest BCUT2D eigenvalue weighted by Crippen LogP contribution is 2.49. The van der Waals surface area contributed by atoms with Crippen LogP contribution in [0, 0.1) is 0 Å². The lowest BCUT2D eigenvalue weighted by Gasteiger charge is -2.49. The molecule has 1 saturated heterocycles. The van der Waals surface area contributed by atoms with Crippen LogP contribution in [0.3, 0.4) is 0 Å². The summed E-state index contributed by atoms with van der Waals surface area (Å²) in [7, 11) is -5.39. The van der Waals surface area contributed by atoms with E-state index in [2.05, 4.69) is 0 Å². The molecule has 144 valence electrons. The van der Waals surface area contributed by atoms with Crippen LogP contribution in [0.5, 0.6) is 0 Å². The van der Waals surface area contributed by atoms with Crippen molar-refractivity contribution in [1.29, 1.82) is 0 Å². The van der Waals surface area contributed by atoms with E-state index in [-0.39, 0.29) is 6.04 Å². The van der Waals surface area contributed by atoms with Gasteiger partial charge in [0.1, 0.15) is 0 Å². The molecule has 0 aromatic heterocycles. The molecular weight excluding hydrogens is 390 g/mol. The van der Waals surface area contributed by atoms with Crippen LogP contribution < -0.4 is 0 Å². The molecule has 0 bridgehead atoms. The van der Waals surface area contributed by atoms with Crippen LogP contribution in [-0.4, -0.2) is 21.5 Å². The van der Waals surface area contributed by atoms with Gasteiger partial charge in [-0.1, -0.05) is 78.9 Å². The maximum absolute atomic E-state index is 13.3. The third kappa shape index (κ3) is 3.21. The lowest BCUT2D eigenvalue weighted by Crippen LogP contribution is -2.60. The summed E-state index contributed by atoms with van der Waals surface area (Å²) in [5.74, 6) is 0. The Morgan fingerprint density at radius 2 is 1.32 bits per heavy atom. The van der Waals surface area contributed by atoms with Crippen molar-refractivity contribution in [3.05, 3.63) is 102 Å². The van der Waals surface area contributed by atoms with Crippen LogP contribution in [0.4, 0.5) is 0 Å². The van der Waals surface area contributed by atoms with Crippen LogP contribution in [-0.2, 0) is 20.8 Å². The summed E-state index contributed by atoms with van der Waals surface area (Å²) in [4.78, 5) is 0.532. The van der Waals surface area contributed by atoms with E-state index in [0.717, 1.165) is 11.1 Å². The Morgan fingerprint density at radius 1 is 0.821 bits per heavy atom. The van der Waals surface area contributed by atoms with Crippen molar-refractivity contribution >= 4 is 20.8 Å². The topological polar surface area (TPSA) is 54.5 Å². The molecule has 6 heteroatoms. The van der Waals surface area contributed by atoms with E-state index in [4.69, 9.17) is 0 Å². The number of rotatable bonds is 5. The molecule has 3 aromatic carbocycles. The van der Waals surface area contributed by atoms with E-state index in [1.165, 1.54) is 4.31 Å². The molecule has 0 N–H and O–H groups in total. The van der Waals surface area contributed by atoms with Crippen molar-refractivity contribution in [3.8, 4) is 0 Å². The van der Waals surface area contributed by atoms with Crippen LogP contribution in [0.15, 0.2) is 95.9 Å². The molecule has 1 heterocycles. The molecule has 1 aliphatic rings. The molecule has 0 unspecified atom stereocenters. The second-order valence-electron chi connectivity index (χ2n) is 6.80. The summed E-state index contributed by atoms with van der Waals surface area (Å²) < 4.78 is 40.3. The van der Waals surface area contributed by atoms with E-state index in [1.807, 2.05) is 73.7 Å². The standard InChI is InChI=1S/C22H21NO3S2/c1-17(18-11-5-2-6-12-18)23-21(19-13-7-3-8-14-19)22(28(23,25)26)27(24)20-15-9-4-10-16-20/h2-17,21-22H,1H3/t17-,21-,22+,27-/m1/s1. The van der Waals surface area contributed by atoms with Gasteiger partial charge >= 0.3 is 0 Å².